The third-order valence-electron chi connectivity index (χ3n) is 5.53. The van der Waals surface area contributed by atoms with Gasteiger partial charge in [-0.15, -0.1) is 11.3 Å². The number of carbonyl (C=O) groups excluding carboxylic acids is 1. The number of rotatable bonds is 6. The first-order chi connectivity index (χ1) is 13.3. The van der Waals surface area contributed by atoms with Gasteiger partial charge in [0.1, 0.15) is 5.70 Å². The largest absolute Gasteiger partial charge is 0.477 e. The fraction of sp³-hybridized carbons (Fsp3) is 0.500. The van der Waals surface area contributed by atoms with E-state index in [-0.39, 0.29) is 36.2 Å². The van der Waals surface area contributed by atoms with Crippen molar-refractivity contribution in [2.75, 3.05) is 13.2 Å². The van der Waals surface area contributed by atoms with Crippen molar-refractivity contribution < 1.29 is 24.9 Å². The summed E-state index contributed by atoms with van der Waals surface area (Å²) in [5.74, 6) is -2.26. The fourth-order valence-corrected chi connectivity index (χ4v) is 6.30. The molecule has 5 atom stereocenters. The quantitative estimate of drug-likeness (QED) is 0.494. The molecule has 3 aliphatic rings. The Bertz CT molecular complexity index is 894. The van der Waals surface area contributed by atoms with Gasteiger partial charge in [-0.1, -0.05) is 24.8 Å². The summed E-state index contributed by atoms with van der Waals surface area (Å²) in [6.45, 7) is 4.10. The highest BCUT2D eigenvalue weighted by molar-refractivity contribution is 8.04. The Hall–Kier alpha value is -1.72. The second kappa shape index (κ2) is 7.27. The number of hydrogen-bond donors (Lipinski definition) is 4. The smallest absolute Gasteiger partial charge is 0.353 e. The first kappa shape index (κ1) is 19.6. The number of fused-ring (bicyclic) bond motifs is 1. The van der Waals surface area contributed by atoms with Crippen molar-refractivity contribution in [3.63, 3.8) is 0 Å². The van der Waals surface area contributed by atoms with Gasteiger partial charge in [-0.3, -0.25) is 4.79 Å². The number of aliphatic carboxylic acids is 1. The zero-order valence-corrected chi connectivity index (χ0v) is 17.0. The zero-order valence-electron chi connectivity index (χ0n) is 15.3. The average molecular weight is 424 g/mol. The standard InChI is InChI=1S/C18H21N3O5S2/c1-7-13-12(8(2)23)16(24)21(13)14(17(25)26)15(7)28-18-20-11(6-27-18)9-3-4-19-10(9)5-22/h3,6-8,10,12-13,19,22-23H,4-5H2,1-2H3,(H,25,26)/t7-,8-,10-,12-,13-/m1/s1. The first-order valence-electron chi connectivity index (χ1n) is 9.01. The number of hydrogen-bond acceptors (Lipinski definition) is 8. The van der Waals surface area contributed by atoms with E-state index in [4.69, 9.17) is 0 Å². The molecular weight excluding hydrogens is 402 g/mol. The van der Waals surface area contributed by atoms with Gasteiger partial charge in [-0.25, -0.2) is 9.78 Å². The predicted molar refractivity (Wildman–Crippen MR) is 104 cm³/mol. The highest BCUT2D eigenvalue weighted by Gasteiger charge is 2.60. The summed E-state index contributed by atoms with van der Waals surface area (Å²) in [7, 11) is 0. The molecule has 0 radical (unpaired) electrons. The number of carbonyl (C=O) groups is 2. The van der Waals surface area contributed by atoms with Crippen LogP contribution in [-0.2, 0) is 9.59 Å². The Balaban J connectivity index is 1.61. The van der Waals surface area contributed by atoms with Gasteiger partial charge in [-0.05, 0) is 12.5 Å². The first-order valence-corrected chi connectivity index (χ1v) is 10.7. The van der Waals surface area contributed by atoms with Gasteiger partial charge >= 0.3 is 5.97 Å². The number of β-lactam (4-membered cyclic amide) rings is 1. The molecule has 4 N–H and O–H groups in total. The van der Waals surface area contributed by atoms with E-state index in [0.29, 0.717) is 15.8 Å². The van der Waals surface area contributed by atoms with Crippen molar-refractivity contribution in [1.29, 1.82) is 0 Å². The van der Waals surface area contributed by atoms with E-state index < -0.39 is 18.0 Å². The van der Waals surface area contributed by atoms with E-state index in [0.717, 1.165) is 11.3 Å². The summed E-state index contributed by atoms with van der Waals surface area (Å²) in [4.78, 5) is 30.8. The lowest BCUT2D eigenvalue weighted by Gasteiger charge is -2.46. The molecular formula is C18H21N3O5S2. The van der Waals surface area contributed by atoms with E-state index in [1.165, 1.54) is 28.0 Å². The van der Waals surface area contributed by atoms with Gasteiger partial charge in [-0.2, -0.15) is 0 Å². The number of amides is 1. The van der Waals surface area contributed by atoms with Crippen molar-refractivity contribution in [2.45, 2.75) is 36.4 Å². The van der Waals surface area contributed by atoms with Crippen LogP contribution < -0.4 is 5.32 Å². The monoisotopic (exact) mass is 423 g/mol. The number of nitrogens with zero attached hydrogens (tertiary/aromatic N) is 2. The molecule has 4 heterocycles. The molecule has 4 rings (SSSR count). The van der Waals surface area contributed by atoms with Crippen molar-refractivity contribution in [2.24, 2.45) is 11.8 Å². The number of nitrogens with one attached hydrogen (secondary N) is 1. The van der Waals surface area contributed by atoms with Crippen LogP contribution in [0.15, 0.2) is 26.4 Å². The van der Waals surface area contributed by atoms with Gasteiger partial charge in [0.25, 0.3) is 0 Å². The van der Waals surface area contributed by atoms with Crippen LogP contribution in [0.3, 0.4) is 0 Å². The molecule has 10 heteroatoms. The van der Waals surface area contributed by atoms with Crippen LogP contribution in [0.5, 0.6) is 0 Å². The number of carboxylic acid groups (broad SMARTS) is 1. The van der Waals surface area contributed by atoms with E-state index in [1.54, 1.807) is 6.92 Å². The number of thioether (sulfide) groups is 1. The third kappa shape index (κ3) is 2.91. The minimum atomic E-state index is -1.14. The molecule has 1 fully saturated rings. The number of aliphatic hydroxyl groups is 2. The summed E-state index contributed by atoms with van der Waals surface area (Å²) < 4.78 is 0.684. The molecule has 150 valence electrons. The molecule has 0 aliphatic carbocycles. The minimum absolute atomic E-state index is 0.00358. The van der Waals surface area contributed by atoms with Crippen LogP contribution in [0.25, 0.3) is 5.57 Å². The Kier molecular flexibility index (Phi) is 5.09. The molecule has 3 aliphatic heterocycles. The van der Waals surface area contributed by atoms with Crippen LogP contribution in [0.2, 0.25) is 0 Å². The lowest BCUT2D eigenvalue weighted by molar-refractivity contribution is -0.163. The summed E-state index contributed by atoms with van der Waals surface area (Å²) in [6.07, 6.45) is 1.17. The van der Waals surface area contributed by atoms with Crippen molar-refractivity contribution in [1.82, 2.24) is 15.2 Å². The van der Waals surface area contributed by atoms with Crippen LogP contribution in [0.4, 0.5) is 0 Å². The van der Waals surface area contributed by atoms with Gasteiger partial charge in [0, 0.05) is 22.7 Å². The average Bonchev–Trinajstić information content (AvgIpc) is 3.33. The highest BCUT2D eigenvalue weighted by atomic mass is 32.2. The predicted octanol–water partition coefficient (Wildman–Crippen LogP) is 0.736. The van der Waals surface area contributed by atoms with Crippen LogP contribution in [-0.4, -0.2) is 68.4 Å². The molecule has 1 amide bonds. The molecule has 1 saturated heterocycles. The molecule has 1 aromatic rings. The molecule has 28 heavy (non-hydrogen) atoms. The SMILES string of the molecule is C[C@@H](O)[C@H]1C(=O)N2C(C(=O)O)=C(Sc3nc(C4=CCN[C@@H]4CO)cs3)[C@H](C)[C@H]12. The summed E-state index contributed by atoms with van der Waals surface area (Å²) in [5, 5.41) is 34.1. The normalized spacial score (nSPS) is 30.4. The number of aromatic nitrogens is 1. The highest BCUT2D eigenvalue weighted by Crippen LogP contribution is 2.52. The van der Waals surface area contributed by atoms with Gasteiger partial charge in [0.05, 0.1) is 36.4 Å². The lowest BCUT2D eigenvalue weighted by Crippen LogP contribution is -2.63. The van der Waals surface area contributed by atoms with Gasteiger partial charge in [0.15, 0.2) is 4.34 Å². The van der Waals surface area contributed by atoms with Crippen molar-refractivity contribution in [3.8, 4) is 0 Å². The summed E-state index contributed by atoms with van der Waals surface area (Å²) in [6, 6.07) is -0.480. The van der Waals surface area contributed by atoms with Crippen molar-refractivity contribution in [3.05, 3.63) is 27.8 Å². The van der Waals surface area contributed by atoms with E-state index in [2.05, 4.69) is 10.3 Å². The van der Waals surface area contributed by atoms with Gasteiger partial charge < -0.3 is 25.5 Å². The number of carboxylic acids is 1. The maximum absolute atomic E-state index is 12.4. The Morgan fingerprint density at radius 1 is 1.54 bits per heavy atom. The molecule has 0 saturated carbocycles. The Morgan fingerprint density at radius 2 is 2.29 bits per heavy atom. The van der Waals surface area contributed by atoms with E-state index >= 15 is 0 Å². The van der Waals surface area contributed by atoms with Crippen LogP contribution in [0, 0.1) is 11.8 Å². The molecule has 8 nitrogen and oxygen atoms in total. The van der Waals surface area contributed by atoms with Crippen LogP contribution >= 0.6 is 23.1 Å². The van der Waals surface area contributed by atoms with Gasteiger partial charge in [0.2, 0.25) is 5.91 Å². The second-order valence-electron chi connectivity index (χ2n) is 7.18. The maximum atomic E-state index is 12.4. The zero-order chi connectivity index (χ0) is 20.2. The second-order valence-corrected chi connectivity index (χ2v) is 9.32. The van der Waals surface area contributed by atoms with Crippen LogP contribution in [0.1, 0.15) is 19.5 Å². The Labute approximate surface area is 170 Å². The summed E-state index contributed by atoms with van der Waals surface area (Å²) in [5.41, 5.74) is 1.70. The van der Waals surface area contributed by atoms with E-state index in [1.807, 2.05) is 18.4 Å². The number of aliphatic hydroxyl groups excluding tert-OH is 2. The molecule has 0 aromatic carbocycles. The van der Waals surface area contributed by atoms with Crippen molar-refractivity contribution >= 4 is 40.5 Å². The lowest BCUT2D eigenvalue weighted by atomic mass is 9.79. The fourth-order valence-electron chi connectivity index (χ4n) is 4.20. The minimum Gasteiger partial charge on any atom is -0.477 e. The van der Waals surface area contributed by atoms with E-state index in [9.17, 15) is 24.9 Å². The molecule has 0 unspecified atom stereocenters. The molecule has 1 aromatic heterocycles. The number of thiazole rings is 1. The third-order valence-corrected chi connectivity index (χ3v) is 7.76. The molecule has 0 bridgehead atoms. The molecule has 0 spiro atoms. The summed E-state index contributed by atoms with van der Waals surface area (Å²) >= 11 is 2.67. The maximum Gasteiger partial charge on any atom is 0.353 e. The Morgan fingerprint density at radius 3 is 2.93 bits per heavy atom. The topological polar surface area (TPSA) is 123 Å².